The molecular weight excluding hydrogens is 236 g/mol. The van der Waals surface area contributed by atoms with Crippen LogP contribution >= 0.6 is 0 Å². The van der Waals surface area contributed by atoms with Gasteiger partial charge in [-0.2, -0.15) is 0 Å². The number of nitrogens with zero attached hydrogens (tertiary/aromatic N) is 3. The summed E-state index contributed by atoms with van der Waals surface area (Å²) in [5.41, 5.74) is 1.09. The third-order valence-electron chi connectivity index (χ3n) is 4.52. The molecule has 2 aliphatic carbocycles. The second kappa shape index (κ2) is 5.61. The fourth-order valence-electron chi connectivity index (χ4n) is 3.42. The Kier molecular flexibility index (Phi) is 3.87. The summed E-state index contributed by atoms with van der Waals surface area (Å²) in [6.45, 7) is 6.73. The third-order valence-corrected chi connectivity index (χ3v) is 4.52. The van der Waals surface area contributed by atoms with E-state index in [0.717, 1.165) is 36.5 Å². The predicted octanol–water partition coefficient (Wildman–Crippen LogP) is 2.77. The van der Waals surface area contributed by atoms with Gasteiger partial charge in [0, 0.05) is 6.54 Å². The first kappa shape index (κ1) is 13.1. The lowest BCUT2D eigenvalue weighted by Gasteiger charge is -2.31. The van der Waals surface area contributed by atoms with Crippen molar-refractivity contribution in [3.05, 3.63) is 11.9 Å². The molecule has 2 aliphatic rings. The quantitative estimate of drug-likeness (QED) is 0.887. The number of nitrogens with one attached hydrogen (secondary N) is 1. The van der Waals surface area contributed by atoms with Gasteiger partial charge in [0.2, 0.25) is 0 Å². The highest BCUT2D eigenvalue weighted by Gasteiger charge is 2.26. The SMILES string of the molecule is CC1CC(C)CC(n2cc(CNCC3CC3)nn2)C1. The van der Waals surface area contributed by atoms with Crippen LogP contribution in [0.1, 0.15) is 57.7 Å². The van der Waals surface area contributed by atoms with Gasteiger partial charge in [0.15, 0.2) is 0 Å². The molecule has 2 unspecified atom stereocenters. The first-order valence-corrected chi connectivity index (χ1v) is 7.82. The Morgan fingerprint density at radius 1 is 1.21 bits per heavy atom. The zero-order valence-corrected chi connectivity index (χ0v) is 12.2. The molecule has 1 N–H and O–H groups in total. The van der Waals surface area contributed by atoms with E-state index in [0.29, 0.717) is 6.04 Å². The molecular formula is C15H26N4. The standard InChI is InChI=1S/C15H26N4/c1-11-5-12(2)7-15(6-11)19-10-14(17-18-19)9-16-8-13-3-4-13/h10-13,15-16H,3-9H2,1-2H3. The van der Waals surface area contributed by atoms with Gasteiger partial charge in [0.05, 0.1) is 17.9 Å². The largest absolute Gasteiger partial charge is 0.311 e. The van der Waals surface area contributed by atoms with Crippen molar-refractivity contribution in [2.45, 2.75) is 58.5 Å². The molecule has 2 fully saturated rings. The second-order valence-corrected chi connectivity index (χ2v) is 6.84. The first-order chi connectivity index (χ1) is 9.20. The van der Waals surface area contributed by atoms with Crippen LogP contribution in [0.15, 0.2) is 6.20 Å². The summed E-state index contributed by atoms with van der Waals surface area (Å²) in [6.07, 6.45) is 8.82. The van der Waals surface area contributed by atoms with Crippen LogP contribution in [-0.4, -0.2) is 21.5 Å². The molecule has 0 bridgehead atoms. The zero-order valence-electron chi connectivity index (χ0n) is 12.2. The Bertz CT molecular complexity index is 400. The summed E-state index contributed by atoms with van der Waals surface area (Å²) < 4.78 is 2.11. The lowest BCUT2D eigenvalue weighted by Crippen LogP contribution is -2.23. The van der Waals surface area contributed by atoms with Crippen LogP contribution in [0, 0.1) is 17.8 Å². The van der Waals surface area contributed by atoms with Crippen LogP contribution in [0.3, 0.4) is 0 Å². The fourth-order valence-corrected chi connectivity index (χ4v) is 3.42. The summed E-state index contributed by atoms with van der Waals surface area (Å²) >= 11 is 0. The molecule has 2 saturated carbocycles. The second-order valence-electron chi connectivity index (χ2n) is 6.84. The van der Waals surface area contributed by atoms with E-state index in [4.69, 9.17) is 0 Å². The average molecular weight is 262 g/mol. The van der Waals surface area contributed by atoms with E-state index in [1.807, 2.05) is 0 Å². The highest BCUT2D eigenvalue weighted by molar-refractivity contribution is 4.94. The Hall–Kier alpha value is -0.900. The van der Waals surface area contributed by atoms with E-state index in [1.165, 1.54) is 32.1 Å². The molecule has 1 aromatic heterocycles. The van der Waals surface area contributed by atoms with E-state index in [9.17, 15) is 0 Å². The molecule has 0 aliphatic heterocycles. The van der Waals surface area contributed by atoms with E-state index < -0.39 is 0 Å². The molecule has 1 aromatic rings. The van der Waals surface area contributed by atoms with Gasteiger partial charge in [-0.3, -0.25) is 0 Å². The Morgan fingerprint density at radius 3 is 2.63 bits per heavy atom. The van der Waals surface area contributed by atoms with E-state index in [1.54, 1.807) is 0 Å². The van der Waals surface area contributed by atoms with Gasteiger partial charge in [0.25, 0.3) is 0 Å². The molecule has 2 atom stereocenters. The predicted molar refractivity (Wildman–Crippen MR) is 75.7 cm³/mol. The highest BCUT2D eigenvalue weighted by atomic mass is 15.4. The Morgan fingerprint density at radius 2 is 1.95 bits per heavy atom. The van der Waals surface area contributed by atoms with Crippen molar-refractivity contribution in [3.63, 3.8) is 0 Å². The van der Waals surface area contributed by atoms with Crippen LogP contribution in [0.4, 0.5) is 0 Å². The van der Waals surface area contributed by atoms with Gasteiger partial charge < -0.3 is 5.32 Å². The lowest BCUT2D eigenvalue weighted by atomic mass is 9.80. The maximum Gasteiger partial charge on any atom is 0.0964 e. The van der Waals surface area contributed by atoms with Gasteiger partial charge in [-0.1, -0.05) is 19.1 Å². The van der Waals surface area contributed by atoms with Gasteiger partial charge in [-0.15, -0.1) is 5.10 Å². The van der Waals surface area contributed by atoms with E-state index in [-0.39, 0.29) is 0 Å². The summed E-state index contributed by atoms with van der Waals surface area (Å²) in [6, 6.07) is 0.559. The Labute approximate surface area is 116 Å². The average Bonchev–Trinajstić information content (AvgIpc) is 3.04. The minimum Gasteiger partial charge on any atom is -0.311 e. The summed E-state index contributed by atoms with van der Waals surface area (Å²) in [4.78, 5) is 0. The first-order valence-electron chi connectivity index (χ1n) is 7.82. The van der Waals surface area contributed by atoms with Gasteiger partial charge in [0.1, 0.15) is 0 Å². The molecule has 3 rings (SSSR count). The van der Waals surface area contributed by atoms with Crippen molar-refractivity contribution in [1.29, 1.82) is 0 Å². The molecule has 106 valence electrons. The van der Waals surface area contributed by atoms with Crippen LogP contribution in [-0.2, 0) is 6.54 Å². The summed E-state index contributed by atoms with van der Waals surface area (Å²) in [5, 5.41) is 12.1. The minimum atomic E-state index is 0.559. The van der Waals surface area contributed by atoms with Crippen molar-refractivity contribution in [3.8, 4) is 0 Å². The maximum atomic E-state index is 4.35. The highest BCUT2D eigenvalue weighted by Crippen LogP contribution is 2.35. The summed E-state index contributed by atoms with van der Waals surface area (Å²) in [5.74, 6) is 2.55. The molecule has 0 aromatic carbocycles. The van der Waals surface area contributed by atoms with Crippen LogP contribution in [0.5, 0.6) is 0 Å². The molecule has 0 amide bonds. The van der Waals surface area contributed by atoms with Crippen LogP contribution in [0.2, 0.25) is 0 Å². The van der Waals surface area contributed by atoms with Crippen molar-refractivity contribution in [1.82, 2.24) is 20.3 Å². The fraction of sp³-hybridized carbons (Fsp3) is 0.867. The normalized spacial score (nSPS) is 31.6. The van der Waals surface area contributed by atoms with Crippen LogP contribution < -0.4 is 5.32 Å². The van der Waals surface area contributed by atoms with E-state index in [2.05, 4.69) is 40.4 Å². The van der Waals surface area contributed by atoms with Crippen molar-refractivity contribution >= 4 is 0 Å². The molecule has 0 radical (unpaired) electrons. The monoisotopic (exact) mass is 262 g/mol. The Balaban J connectivity index is 1.53. The van der Waals surface area contributed by atoms with Crippen molar-refractivity contribution < 1.29 is 0 Å². The topological polar surface area (TPSA) is 42.7 Å². The van der Waals surface area contributed by atoms with Crippen LogP contribution in [0.25, 0.3) is 0 Å². The molecule has 0 spiro atoms. The molecule has 1 heterocycles. The van der Waals surface area contributed by atoms with Gasteiger partial charge >= 0.3 is 0 Å². The van der Waals surface area contributed by atoms with Gasteiger partial charge in [-0.05, 0) is 56.4 Å². The maximum absolute atomic E-state index is 4.35. The molecule has 4 heteroatoms. The van der Waals surface area contributed by atoms with E-state index >= 15 is 0 Å². The minimum absolute atomic E-state index is 0.559. The molecule has 4 nitrogen and oxygen atoms in total. The number of rotatable bonds is 5. The number of hydrogen-bond donors (Lipinski definition) is 1. The van der Waals surface area contributed by atoms with Crippen molar-refractivity contribution in [2.75, 3.05) is 6.54 Å². The van der Waals surface area contributed by atoms with Crippen molar-refractivity contribution in [2.24, 2.45) is 17.8 Å². The molecule has 19 heavy (non-hydrogen) atoms. The third kappa shape index (κ3) is 3.56. The number of aromatic nitrogens is 3. The molecule has 0 saturated heterocycles. The lowest BCUT2D eigenvalue weighted by molar-refractivity contribution is 0.208. The van der Waals surface area contributed by atoms with Gasteiger partial charge in [-0.25, -0.2) is 4.68 Å². The number of hydrogen-bond acceptors (Lipinski definition) is 3. The summed E-state index contributed by atoms with van der Waals surface area (Å²) in [7, 11) is 0. The smallest absolute Gasteiger partial charge is 0.0964 e. The zero-order chi connectivity index (χ0) is 13.2.